The zero-order chi connectivity index (χ0) is 21.4. The van der Waals surface area contributed by atoms with Gasteiger partial charge in [-0.2, -0.15) is 5.10 Å². The fourth-order valence-electron chi connectivity index (χ4n) is 4.08. The zero-order valence-corrected chi connectivity index (χ0v) is 17.5. The van der Waals surface area contributed by atoms with Crippen molar-refractivity contribution in [2.45, 2.75) is 26.7 Å². The Morgan fingerprint density at radius 1 is 1.06 bits per heavy atom. The molecule has 1 amide bonds. The van der Waals surface area contributed by atoms with Gasteiger partial charge in [0.1, 0.15) is 0 Å². The van der Waals surface area contributed by atoms with E-state index in [1.165, 1.54) is 0 Å². The monoisotopic (exact) mass is 420 g/mol. The minimum atomic E-state index is -0.128. The highest BCUT2D eigenvalue weighted by atomic mass is 16.7. The number of benzene rings is 1. The third-order valence-electron chi connectivity index (χ3n) is 5.62. The molecule has 9 heteroatoms. The average Bonchev–Trinajstić information content (AvgIpc) is 3.39. The van der Waals surface area contributed by atoms with Gasteiger partial charge in [0.25, 0.3) is 0 Å². The first-order chi connectivity index (χ1) is 15.1. The van der Waals surface area contributed by atoms with Crippen molar-refractivity contribution in [3.63, 3.8) is 0 Å². The maximum atomic E-state index is 12.9. The molecule has 1 aromatic carbocycles. The van der Waals surface area contributed by atoms with E-state index >= 15 is 0 Å². The Bertz CT molecular complexity index is 1110. The van der Waals surface area contributed by atoms with E-state index in [2.05, 4.69) is 25.5 Å². The Kier molecular flexibility index (Phi) is 4.93. The summed E-state index contributed by atoms with van der Waals surface area (Å²) in [7, 11) is 0. The predicted molar refractivity (Wildman–Crippen MR) is 115 cm³/mol. The van der Waals surface area contributed by atoms with Gasteiger partial charge in [-0.1, -0.05) is 0 Å². The second kappa shape index (κ2) is 7.90. The van der Waals surface area contributed by atoms with Gasteiger partial charge in [0.2, 0.25) is 12.7 Å². The number of aromatic nitrogens is 4. The smallest absolute Gasteiger partial charge is 0.231 e. The number of hydrogen-bond donors (Lipinski definition) is 1. The van der Waals surface area contributed by atoms with Gasteiger partial charge in [-0.25, -0.2) is 4.68 Å². The number of carbonyl (C=O) groups is 1. The summed E-state index contributed by atoms with van der Waals surface area (Å²) in [5, 5.41) is 16.2. The van der Waals surface area contributed by atoms with Crippen LogP contribution in [0.4, 0.5) is 11.5 Å². The molecule has 2 aliphatic rings. The van der Waals surface area contributed by atoms with E-state index in [1.54, 1.807) is 10.7 Å². The summed E-state index contributed by atoms with van der Waals surface area (Å²) in [5.74, 6) is 2.67. The molecule has 0 aliphatic carbocycles. The topological polar surface area (TPSA) is 94.4 Å². The van der Waals surface area contributed by atoms with Crippen molar-refractivity contribution in [2.24, 2.45) is 5.92 Å². The molecule has 1 atom stereocenters. The van der Waals surface area contributed by atoms with Gasteiger partial charge in [-0.3, -0.25) is 4.79 Å². The highest BCUT2D eigenvalue weighted by Gasteiger charge is 2.27. The van der Waals surface area contributed by atoms with Gasteiger partial charge in [0, 0.05) is 30.5 Å². The van der Waals surface area contributed by atoms with Crippen LogP contribution in [-0.2, 0) is 4.79 Å². The first-order valence-electron chi connectivity index (χ1n) is 10.4. The Hall–Kier alpha value is -3.62. The van der Waals surface area contributed by atoms with Gasteiger partial charge >= 0.3 is 0 Å². The fraction of sp³-hybridized carbons (Fsp3) is 0.364. The Morgan fingerprint density at radius 3 is 2.65 bits per heavy atom. The molecule has 0 bridgehead atoms. The summed E-state index contributed by atoms with van der Waals surface area (Å²) in [4.78, 5) is 15.0. The summed E-state index contributed by atoms with van der Waals surface area (Å²) in [6, 6.07) is 11.3. The molecular weight excluding hydrogens is 396 g/mol. The van der Waals surface area contributed by atoms with Crippen LogP contribution < -0.4 is 19.7 Å². The first kappa shape index (κ1) is 19.3. The number of anilines is 2. The maximum Gasteiger partial charge on any atom is 0.231 e. The number of nitrogens with one attached hydrogen (secondary N) is 1. The molecular formula is C22H24N6O3. The Labute approximate surface area is 180 Å². The molecule has 0 radical (unpaired) electrons. The summed E-state index contributed by atoms with van der Waals surface area (Å²) in [6.45, 7) is 5.60. The number of rotatable bonds is 4. The second-order valence-electron chi connectivity index (χ2n) is 7.93. The van der Waals surface area contributed by atoms with Crippen LogP contribution in [0, 0.1) is 19.8 Å². The van der Waals surface area contributed by atoms with Crippen molar-refractivity contribution in [3.05, 3.63) is 47.8 Å². The number of fused-ring (bicyclic) bond motifs is 1. The van der Waals surface area contributed by atoms with E-state index in [4.69, 9.17) is 9.47 Å². The third-order valence-corrected chi connectivity index (χ3v) is 5.62. The summed E-state index contributed by atoms with van der Waals surface area (Å²) < 4.78 is 12.5. The molecule has 1 saturated heterocycles. The van der Waals surface area contributed by atoms with Crippen LogP contribution in [0.5, 0.6) is 11.5 Å². The number of carbonyl (C=O) groups excluding carboxylic acids is 1. The first-order valence-corrected chi connectivity index (χ1v) is 10.4. The quantitative estimate of drug-likeness (QED) is 0.693. The van der Waals surface area contributed by atoms with Crippen molar-refractivity contribution in [1.82, 2.24) is 20.0 Å². The van der Waals surface area contributed by atoms with Crippen molar-refractivity contribution in [2.75, 3.05) is 30.1 Å². The zero-order valence-electron chi connectivity index (χ0n) is 17.5. The molecule has 2 aromatic heterocycles. The van der Waals surface area contributed by atoms with Crippen molar-refractivity contribution < 1.29 is 14.3 Å². The van der Waals surface area contributed by atoms with E-state index in [0.717, 1.165) is 36.6 Å². The van der Waals surface area contributed by atoms with Crippen molar-refractivity contribution in [3.8, 4) is 17.3 Å². The van der Waals surface area contributed by atoms with E-state index in [9.17, 15) is 4.79 Å². The molecule has 5 rings (SSSR count). The molecule has 1 N–H and O–H groups in total. The third kappa shape index (κ3) is 3.90. The Morgan fingerprint density at radius 2 is 1.87 bits per heavy atom. The van der Waals surface area contributed by atoms with Crippen LogP contribution in [-0.4, -0.2) is 45.8 Å². The normalized spacial score (nSPS) is 17.6. The molecule has 31 heavy (non-hydrogen) atoms. The minimum Gasteiger partial charge on any atom is -0.454 e. The number of nitrogens with zero attached hydrogens (tertiary/aromatic N) is 5. The summed E-state index contributed by atoms with van der Waals surface area (Å²) in [5.41, 5.74) is 2.66. The molecule has 3 aromatic rings. The van der Waals surface area contributed by atoms with E-state index in [-0.39, 0.29) is 18.6 Å². The molecule has 1 unspecified atom stereocenters. The van der Waals surface area contributed by atoms with Crippen LogP contribution in [0.2, 0.25) is 0 Å². The standard InChI is InChI=1S/C22H24N6O3/c1-14-10-15(2)28(26-14)21-8-7-20(24-25-21)27-9-3-4-16(12-27)22(29)23-17-5-6-18-19(11-17)31-13-30-18/h5-8,10-11,16H,3-4,9,12-13H2,1-2H3,(H,23,29). The fourth-order valence-corrected chi connectivity index (χ4v) is 4.08. The number of aryl methyl sites for hydroxylation is 2. The average molecular weight is 420 g/mol. The lowest BCUT2D eigenvalue weighted by atomic mass is 9.97. The minimum absolute atomic E-state index is 0.00390. The predicted octanol–water partition coefficient (Wildman–Crippen LogP) is 2.86. The summed E-state index contributed by atoms with van der Waals surface area (Å²) >= 11 is 0. The van der Waals surface area contributed by atoms with Gasteiger partial charge in [0.15, 0.2) is 23.1 Å². The van der Waals surface area contributed by atoms with Crippen molar-refractivity contribution in [1.29, 1.82) is 0 Å². The highest BCUT2D eigenvalue weighted by Crippen LogP contribution is 2.34. The molecule has 0 saturated carbocycles. The Balaban J connectivity index is 1.25. The van der Waals surface area contributed by atoms with Gasteiger partial charge in [-0.05, 0) is 57.0 Å². The SMILES string of the molecule is Cc1cc(C)n(-c2ccc(N3CCCC(C(=O)Nc4ccc5c(c4)OCO5)C3)nn2)n1. The van der Waals surface area contributed by atoms with Crippen LogP contribution in [0.1, 0.15) is 24.2 Å². The summed E-state index contributed by atoms with van der Waals surface area (Å²) in [6.07, 6.45) is 1.75. The van der Waals surface area contributed by atoms with Crippen LogP contribution >= 0.6 is 0 Å². The largest absolute Gasteiger partial charge is 0.454 e. The maximum absolute atomic E-state index is 12.9. The van der Waals surface area contributed by atoms with Gasteiger partial charge < -0.3 is 19.7 Å². The number of amides is 1. The lowest BCUT2D eigenvalue weighted by Crippen LogP contribution is -2.41. The molecule has 4 heterocycles. The van der Waals surface area contributed by atoms with E-state index in [1.807, 2.05) is 44.2 Å². The van der Waals surface area contributed by atoms with Crippen LogP contribution in [0.3, 0.4) is 0 Å². The second-order valence-corrected chi connectivity index (χ2v) is 7.93. The lowest BCUT2D eigenvalue weighted by Gasteiger charge is -2.32. The number of piperidine rings is 1. The molecule has 160 valence electrons. The van der Waals surface area contributed by atoms with Gasteiger partial charge in [-0.15, -0.1) is 10.2 Å². The van der Waals surface area contributed by atoms with E-state index < -0.39 is 0 Å². The van der Waals surface area contributed by atoms with E-state index in [0.29, 0.717) is 29.5 Å². The lowest BCUT2D eigenvalue weighted by molar-refractivity contribution is -0.120. The van der Waals surface area contributed by atoms with Crippen LogP contribution in [0.15, 0.2) is 36.4 Å². The number of hydrogen-bond acceptors (Lipinski definition) is 7. The number of ether oxygens (including phenoxy) is 2. The molecule has 0 spiro atoms. The van der Waals surface area contributed by atoms with Crippen molar-refractivity contribution >= 4 is 17.4 Å². The molecule has 9 nitrogen and oxygen atoms in total. The molecule has 2 aliphatic heterocycles. The van der Waals surface area contributed by atoms with Gasteiger partial charge in [0.05, 0.1) is 11.6 Å². The highest BCUT2D eigenvalue weighted by molar-refractivity contribution is 5.93. The molecule has 1 fully saturated rings. The van der Waals surface area contributed by atoms with Crippen LogP contribution in [0.25, 0.3) is 5.82 Å².